The Hall–Kier alpha value is -1.89. The molecule has 0 saturated carbocycles. The van der Waals surface area contributed by atoms with E-state index in [-0.39, 0.29) is 18.6 Å². The topological polar surface area (TPSA) is 70.6 Å². The fraction of sp³-hybridized carbons (Fsp3) is 0.762. The summed E-state index contributed by atoms with van der Waals surface area (Å²) in [5.41, 5.74) is 0. The lowest BCUT2D eigenvalue weighted by Gasteiger charge is -2.34. The Kier molecular flexibility index (Phi) is 8.33. The Balaban J connectivity index is 1.74. The highest BCUT2D eigenvalue weighted by Gasteiger charge is 2.26. The van der Waals surface area contributed by atoms with Gasteiger partial charge in [0.05, 0.1) is 6.61 Å². The molecular formula is C21H35N5O2. The van der Waals surface area contributed by atoms with E-state index in [0.717, 1.165) is 57.7 Å². The van der Waals surface area contributed by atoms with Gasteiger partial charge in [-0.25, -0.2) is 4.98 Å². The largest absolute Gasteiger partial charge is 0.464 e. The molecule has 2 saturated heterocycles. The van der Waals surface area contributed by atoms with Crippen molar-refractivity contribution in [2.45, 2.75) is 64.3 Å². The van der Waals surface area contributed by atoms with Gasteiger partial charge in [-0.15, -0.1) is 0 Å². The first kappa shape index (κ1) is 20.8. The second kappa shape index (κ2) is 11.2. The first-order valence-electron chi connectivity index (χ1n) is 11.0. The summed E-state index contributed by atoms with van der Waals surface area (Å²) >= 11 is 0. The van der Waals surface area contributed by atoms with Crippen molar-refractivity contribution < 1.29 is 9.53 Å². The number of nitrogens with one attached hydrogen (secondary N) is 1. The predicted octanol–water partition coefficient (Wildman–Crippen LogP) is 2.76. The van der Waals surface area contributed by atoms with E-state index in [4.69, 9.17) is 9.72 Å². The van der Waals surface area contributed by atoms with Crippen molar-refractivity contribution in [2.75, 3.05) is 49.1 Å². The van der Waals surface area contributed by atoms with Crippen molar-refractivity contribution in [1.82, 2.24) is 15.3 Å². The number of carbonyl (C=O) groups is 1. The molecule has 156 valence electrons. The summed E-state index contributed by atoms with van der Waals surface area (Å²) in [6.07, 6.45) is 10.7. The number of hydrogen-bond donors (Lipinski definition) is 1. The average Bonchev–Trinajstić information content (AvgIpc) is 3.03. The quantitative estimate of drug-likeness (QED) is 0.541. The monoisotopic (exact) mass is 389 g/mol. The van der Waals surface area contributed by atoms with Crippen molar-refractivity contribution in [2.24, 2.45) is 0 Å². The molecule has 0 bridgehead atoms. The Bertz CT molecular complexity index is 598. The highest BCUT2D eigenvalue weighted by Crippen LogP contribution is 2.22. The van der Waals surface area contributed by atoms with E-state index in [1.807, 2.05) is 12.3 Å². The van der Waals surface area contributed by atoms with Crippen LogP contribution in [0.5, 0.6) is 0 Å². The maximum absolute atomic E-state index is 12.4. The van der Waals surface area contributed by atoms with Crippen LogP contribution in [0, 0.1) is 0 Å². The van der Waals surface area contributed by atoms with Crippen molar-refractivity contribution in [1.29, 1.82) is 0 Å². The van der Waals surface area contributed by atoms with Crippen LogP contribution in [0.25, 0.3) is 0 Å². The predicted molar refractivity (Wildman–Crippen MR) is 112 cm³/mol. The van der Waals surface area contributed by atoms with Crippen molar-refractivity contribution in [3.8, 4) is 0 Å². The van der Waals surface area contributed by atoms with Crippen LogP contribution in [-0.2, 0) is 9.53 Å². The highest BCUT2D eigenvalue weighted by atomic mass is 16.5. The van der Waals surface area contributed by atoms with Crippen molar-refractivity contribution in [3.63, 3.8) is 0 Å². The van der Waals surface area contributed by atoms with Crippen LogP contribution >= 0.6 is 0 Å². The first-order valence-corrected chi connectivity index (χ1v) is 11.0. The number of esters is 1. The van der Waals surface area contributed by atoms with E-state index in [1.165, 1.54) is 25.7 Å². The second-order valence-electron chi connectivity index (χ2n) is 7.80. The first-order chi connectivity index (χ1) is 13.8. The Morgan fingerprint density at radius 3 is 2.71 bits per heavy atom. The number of piperidine rings is 1. The van der Waals surface area contributed by atoms with E-state index in [2.05, 4.69) is 27.0 Å². The van der Waals surface area contributed by atoms with Crippen LogP contribution in [0.3, 0.4) is 0 Å². The summed E-state index contributed by atoms with van der Waals surface area (Å²) in [6, 6.07) is 2.26. The van der Waals surface area contributed by atoms with Gasteiger partial charge in [0.25, 0.3) is 0 Å². The van der Waals surface area contributed by atoms with E-state index >= 15 is 0 Å². The third-order valence-corrected chi connectivity index (χ3v) is 5.62. The SMILES string of the molecule is CCCCOC(=O)CN(c1nccc(N2CCCCCC2)n1)C1CCNCC1. The molecule has 0 atom stereocenters. The van der Waals surface area contributed by atoms with E-state index in [1.54, 1.807) is 0 Å². The molecule has 0 aromatic carbocycles. The number of nitrogens with zero attached hydrogens (tertiary/aromatic N) is 4. The molecular weight excluding hydrogens is 354 g/mol. The maximum atomic E-state index is 12.4. The minimum Gasteiger partial charge on any atom is -0.464 e. The van der Waals surface area contributed by atoms with E-state index in [0.29, 0.717) is 12.6 Å². The third kappa shape index (κ3) is 6.06. The third-order valence-electron chi connectivity index (χ3n) is 5.62. The molecule has 0 amide bonds. The van der Waals surface area contributed by atoms with Gasteiger partial charge in [-0.05, 0) is 51.3 Å². The molecule has 3 rings (SSSR count). The Morgan fingerprint density at radius 1 is 1.25 bits per heavy atom. The van der Waals surface area contributed by atoms with Gasteiger partial charge in [0.1, 0.15) is 12.4 Å². The van der Waals surface area contributed by atoms with Gasteiger partial charge in [0, 0.05) is 25.3 Å². The lowest BCUT2D eigenvalue weighted by molar-refractivity contribution is -0.142. The number of aromatic nitrogens is 2. The molecule has 7 heteroatoms. The molecule has 1 N–H and O–H groups in total. The minimum absolute atomic E-state index is 0.184. The van der Waals surface area contributed by atoms with Gasteiger partial charge in [0.15, 0.2) is 0 Å². The fourth-order valence-corrected chi connectivity index (χ4v) is 3.95. The van der Waals surface area contributed by atoms with E-state index < -0.39 is 0 Å². The van der Waals surface area contributed by atoms with Gasteiger partial charge in [-0.3, -0.25) is 4.79 Å². The molecule has 3 heterocycles. The fourth-order valence-electron chi connectivity index (χ4n) is 3.95. The summed E-state index contributed by atoms with van der Waals surface area (Å²) in [5.74, 6) is 1.45. The standard InChI is InChI=1S/C21H35N5O2/c1-2-3-16-28-20(27)17-26(18-8-11-22-12-9-18)21-23-13-10-19(24-21)25-14-6-4-5-7-15-25/h10,13,18,22H,2-9,11-12,14-17H2,1H3. The molecule has 2 aliphatic rings. The minimum atomic E-state index is -0.184. The number of hydrogen-bond acceptors (Lipinski definition) is 7. The smallest absolute Gasteiger partial charge is 0.325 e. The second-order valence-corrected chi connectivity index (χ2v) is 7.80. The normalized spacial score (nSPS) is 18.5. The number of carbonyl (C=O) groups excluding carboxylic acids is 1. The molecule has 2 fully saturated rings. The molecule has 1 aromatic rings. The Labute approximate surface area is 168 Å². The molecule has 7 nitrogen and oxygen atoms in total. The number of anilines is 2. The van der Waals surface area contributed by atoms with Gasteiger partial charge in [0.2, 0.25) is 5.95 Å². The summed E-state index contributed by atoms with van der Waals surface area (Å²) in [7, 11) is 0. The van der Waals surface area contributed by atoms with Crippen LogP contribution < -0.4 is 15.1 Å². The Morgan fingerprint density at radius 2 is 2.00 bits per heavy atom. The van der Waals surface area contributed by atoms with E-state index in [9.17, 15) is 4.79 Å². The van der Waals surface area contributed by atoms with Crippen LogP contribution in [0.4, 0.5) is 11.8 Å². The van der Waals surface area contributed by atoms with Gasteiger partial charge < -0.3 is 19.9 Å². The summed E-state index contributed by atoms with van der Waals surface area (Å²) in [6.45, 7) is 6.81. The van der Waals surface area contributed by atoms with Gasteiger partial charge >= 0.3 is 5.97 Å². The number of rotatable bonds is 8. The van der Waals surface area contributed by atoms with Crippen LogP contribution in [0.15, 0.2) is 12.3 Å². The average molecular weight is 390 g/mol. The van der Waals surface area contributed by atoms with Crippen molar-refractivity contribution in [3.05, 3.63) is 12.3 Å². The molecule has 0 unspecified atom stereocenters. The molecule has 2 aliphatic heterocycles. The van der Waals surface area contributed by atoms with Crippen LogP contribution in [-0.4, -0.2) is 61.3 Å². The van der Waals surface area contributed by atoms with Crippen LogP contribution in [0.1, 0.15) is 58.3 Å². The van der Waals surface area contributed by atoms with Crippen LogP contribution in [0.2, 0.25) is 0 Å². The zero-order chi connectivity index (χ0) is 19.6. The highest BCUT2D eigenvalue weighted by molar-refractivity contribution is 5.75. The number of unbranched alkanes of at least 4 members (excludes halogenated alkanes) is 1. The molecule has 0 spiro atoms. The molecule has 28 heavy (non-hydrogen) atoms. The summed E-state index contributed by atoms with van der Waals surface area (Å²) in [5, 5.41) is 3.39. The number of ether oxygens (including phenoxy) is 1. The summed E-state index contributed by atoms with van der Waals surface area (Å²) < 4.78 is 5.43. The molecule has 1 aromatic heterocycles. The van der Waals surface area contributed by atoms with Crippen molar-refractivity contribution >= 4 is 17.7 Å². The zero-order valence-electron chi connectivity index (χ0n) is 17.2. The van der Waals surface area contributed by atoms with Gasteiger partial charge in [-0.2, -0.15) is 4.98 Å². The lowest BCUT2D eigenvalue weighted by atomic mass is 10.1. The molecule has 0 radical (unpaired) electrons. The zero-order valence-corrected chi connectivity index (χ0v) is 17.2. The molecule has 0 aliphatic carbocycles. The summed E-state index contributed by atoms with van der Waals surface area (Å²) in [4.78, 5) is 26.3. The maximum Gasteiger partial charge on any atom is 0.325 e. The lowest BCUT2D eigenvalue weighted by Crippen LogP contribution is -2.46. The van der Waals surface area contributed by atoms with Gasteiger partial charge in [-0.1, -0.05) is 26.2 Å².